The summed E-state index contributed by atoms with van der Waals surface area (Å²) in [6, 6.07) is 18.2. The third-order valence-corrected chi connectivity index (χ3v) is 4.82. The number of nitrogens with zero attached hydrogens (tertiary/aromatic N) is 1. The highest BCUT2D eigenvalue weighted by atomic mass is 16.5. The Bertz CT molecular complexity index is 736. The molecular weight excluding hydrogens is 352 g/mol. The molecule has 28 heavy (non-hydrogen) atoms. The molecule has 1 aliphatic heterocycles. The van der Waals surface area contributed by atoms with Crippen LogP contribution in [0, 0.1) is 0 Å². The van der Waals surface area contributed by atoms with Gasteiger partial charge in [0.25, 0.3) is 5.91 Å². The minimum Gasteiger partial charge on any atom is -0.494 e. The van der Waals surface area contributed by atoms with Crippen LogP contribution >= 0.6 is 0 Å². The SMILES string of the molecule is CCCCOc1cccc(CNC(=O)C2CN(Cc3ccccc3)CCO2)c1. The van der Waals surface area contributed by atoms with Gasteiger partial charge < -0.3 is 14.8 Å². The van der Waals surface area contributed by atoms with Gasteiger partial charge in [-0.3, -0.25) is 9.69 Å². The quantitative estimate of drug-likeness (QED) is 0.676. The van der Waals surface area contributed by atoms with E-state index in [2.05, 4.69) is 29.3 Å². The predicted molar refractivity (Wildman–Crippen MR) is 110 cm³/mol. The molecule has 2 aromatic carbocycles. The molecule has 0 aromatic heterocycles. The minimum atomic E-state index is -0.429. The van der Waals surface area contributed by atoms with Gasteiger partial charge >= 0.3 is 0 Å². The number of hydrogen-bond donors (Lipinski definition) is 1. The molecule has 0 radical (unpaired) electrons. The van der Waals surface area contributed by atoms with Crippen molar-refractivity contribution in [2.24, 2.45) is 0 Å². The van der Waals surface area contributed by atoms with Gasteiger partial charge in [-0.2, -0.15) is 0 Å². The Labute approximate surface area is 167 Å². The molecule has 0 aliphatic carbocycles. The van der Waals surface area contributed by atoms with E-state index in [0.29, 0.717) is 19.7 Å². The molecule has 0 saturated carbocycles. The van der Waals surface area contributed by atoms with Crippen LogP contribution in [0.5, 0.6) is 5.75 Å². The van der Waals surface area contributed by atoms with E-state index in [1.165, 1.54) is 5.56 Å². The first kappa shape index (κ1) is 20.4. The lowest BCUT2D eigenvalue weighted by atomic mass is 10.1. The van der Waals surface area contributed by atoms with Crippen molar-refractivity contribution < 1.29 is 14.3 Å². The van der Waals surface area contributed by atoms with Crippen LogP contribution in [0.2, 0.25) is 0 Å². The molecule has 5 nitrogen and oxygen atoms in total. The topological polar surface area (TPSA) is 50.8 Å². The van der Waals surface area contributed by atoms with Crippen LogP contribution in [0.3, 0.4) is 0 Å². The Balaban J connectivity index is 1.47. The summed E-state index contributed by atoms with van der Waals surface area (Å²) in [5, 5.41) is 3.00. The molecule has 1 aliphatic rings. The van der Waals surface area contributed by atoms with Gasteiger partial charge in [-0.05, 0) is 29.7 Å². The second kappa shape index (κ2) is 10.8. The van der Waals surface area contributed by atoms with E-state index in [4.69, 9.17) is 9.47 Å². The van der Waals surface area contributed by atoms with E-state index in [1.54, 1.807) is 0 Å². The van der Waals surface area contributed by atoms with E-state index < -0.39 is 6.10 Å². The van der Waals surface area contributed by atoms with E-state index in [0.717, 1.165) is 43.9 Å². The lowest BCUT2D eigenvalue weighted by Crippen LogP contribution is -2.49. The molecule has 0 spiro atoms. The van der Waals surface area contributed by atoms with E-state index >= 15 is 0 Å². The molecule has 150 valence electrons. The van der Waals surface area contributed by atoms with Crippen molar-refractivity contribution in [2.45, 2.75) is 39.0 Å². The summed E-state index contributed by atoms with van der Waals surface area (Å²) in [7, 11) is 0. The van der Waals surface area contributed by atoms with E-state index in [9.17, 15) is 4.79 Å². The maximum absolute atomic E-state index is 12.6. The molecule has 1 unspecified atom stereocenters. The predicted octanol–water partition coefficient (Wildman–Crippen LogP) is 3.38. The lowest BCUT2D eigenvalue weighted by molar-refractivity contribution is -0.139. The van der Waals surface area contributed by atoms with Crippen molar-refractivity contribution in [3.8, 4) is 5.75 Å². The maximum Gasteiger partial charge on any atom is 0.250 e. The summed E-state index contributed by atoms with van der Waals surface area (Å²) in [5.74, 6) is 0.790. The molecule has 1 atom stereocenters. The molecule has 2 aromatic rings. The van der Waals surface area contributed by atoms with Crippen LogP contribution in [0.1, 0.15) is 30.9 Å². The van der Waals surface area contributed by atoms with Crippen molar-refractivity contribution >= 4 is 5.91 Å². The van der Waals surface area contributed by atoms with Crippen LogP contribution < -0.4 is 10.1 Å². The van der Waals surface area contributed by atoms with Crippen LogP contribution in [-0.2, 0) is 22.6 Å². The van der Waals surface area contributed by atoms with Crippen LogP contribution in [0.15, 0.2) is 54.6 Å². The summed E-state index contributed by atoms with van der Waals surface area (Å²) < 4.78 is 11.4. The molecule has 1 saturated heterocycles. The van der Waals surface area contributed by atoms with Gasteiger partial charge in [0, 0.05) is 26.2 Å². The number of ether oxygens (including phenoxy) is 2. The number of amides is 1. The molecular formula is C23H30N2O3. The number of rotatable bonds is 9. The van der Waals surface area contributed by atoms with Gasteiger partial charge in [0.2, 0.25) is 0 Å². The first-order valence-corrected chi connectivity index (χ1v) is 10.1. The molecule has 1 N–H and O–H groups in total. The average Bonchev–Trinajstić information content (AvgIpc) is 2.73. The Morgan fingerprint density at radius 3 is 2.82 bits per heavy atom. The van der Waals surface area contributed by atoms with Crippen molar-refractivity contribution in [1.82, 2.24) is 10.2 Å². The molecule has 1 heterocycles. The first-order valence-electron chi connectivity index (χ1n) is 10.1. The Morgan fingerprint density at radius 2 is 2.00 bits per heavy atom. The summed E-state index contributed by atoms with van der Waals surface area (Å²) in [6.45, 7) is 6.21. The molecule has 1 amide bonds. The number of nitrogens with one attached hydrogen (secondary N) is 1. The van der Waals surface area contributed by atoms with Gasteiger partial charge in [-0.15, -0.1) is 0 Å². The first-order chi connectivity index (χ1) is 13.7. The number of hydrogen-bond acceptors (Lipinski definition) is 4. The third-order valence-electron chi connectivity index (χ3n) is 4.82. The maximum atomic E-state index is 12.6. The van der Waals surface area contributed by atoms with Gasteiger partial charge in [0.05, 0.1) is 13.2 Å². The van der Waals surface area contributed by atoms with Gasteiger partial charge in [0.15, 0.2) is 0 Å². The van der Waals surface area contributed by atoms with Gasteiger partial charge in [-0.25, -0.2) is 0 Å². The van der Waals surface area contributed by atoms with Crippen molar-refractivity contribution in [1.29, 1.82) is 0 Å². The highest BCUT2D eigenvalue weighted by Gasteiger charge is 2.26. The third kappa shape index (κ3) is 6.36. The standard InChI is InChI=1S/C23H30N2O3/c1-2-3-13-27-21-11-7-10-20(15-21)16-24-23(26)22-18-25(12-14-28-22)17-19-8-5-4-6-9-19/h4-11,15,22H,2-3,12-14,16-18H2,1H3,(H,24,26). The number of morpholine rings is 1. The number of carbonyl (C=O) groups is 1. The number of benzene rings is 2. The zero-order valence-electron chi connectivity index (χ0n) is 16.6. The second-order valence-corrected chi connectivity index (χ2v) is 7.15. The van der Waals surface area contributed by atoms with Gasteiger partial charge in [0.1, 0.15) is 11.9 Å². The summed E-state index contributed by atoms with van der Waals surface area (Å²) in [6.07, 6.45) is 1.72. The Morgan fingerprint density at radius 1 is 1.18 bits per heavy atom. The number of unbranched alkanes of at least 4 members (excludes halogenated alkanes) is 1. The van der Waals surface area contributed by atoms with E-state index in [1.807, 2.05) is 42.5 Å². The van der Waals surface area contributed by atoms with Crippen molar-refractivity contribution in [2.75, 3.05) is 26.3 Å². The highest BCUT2D eigenvalue weighted by Crippen LogP contribution is 2.14. The van der Waals surface area contributed by atoms with Crippen molar-refractivity contribution in [3.05, 3.63) is 65.7 Å². The fraction of sp³-hybridized carbons (Fsp3) is 0.435. The summed E-state index contributed by atoms with van der Waals surface area (Å²) >= 11 is 0. The summed E-state index contributed by atoms with van der Waals surface area (Å²) in [5.41, 5.74) is 2.28. The highest BCUT2D eigenvalue weighted by molar-refractivity contribution is 5.81. The minimum absolute atomic E-state index is 0.0601. The zero-order valence-corrected chi connectivity index (χ0v) is 16.6. The Kier molecular flexibility index (Phi) is 7.88. The lowest BCUT2D eigenvalue weighted by Gasteiger charge is -2.32. The molecule has 5 heteroatoms. The molecule has 0 bridgehead atoms. The monoisotopic (exact) mass is 382 g/mol. The van der Waals surface area contributed by atoms with E-state index in [-0.39, 0.29) is 5.91 Å². The Hall–Kier alpha value is -2.37. The fourth-order valence-electron chi connectivity index (χ4n) is 3.23. The van der Waals surface area contributed by atoms with Crippen molar-refractivity contribution in [3.63, 3.8) is 0 Å². The number of carbonyl (C=O) groups excluding carboxylic acids is 1. The molecule has 1 fully saturated rings. The van der Waals surface area contributed by atoms with Crippen LogP contribution in [0.25, 0.3) is 0 Å². The normalized spacial score (nSPS) is 17.2. The zero-order chi connectivity index (χ0) is 19.6. The van der Waals surface area contributed by atoms with Crippen LogP contribution in [0.4, 0.5) is 0 Å². The largest absolute Gasteiger partial charge is 0.494 e. The molecule has 3 rings (SSSR count). The smallest absolute Gasteiger partial charge is 0.250 e. The fourth-order valence-corrected chi connectivity index (χ4v) is 3.23. The summed E-state index contributed by atoms with van der Waals surface area (Å²) in [4.78, 5) is 14.8. The van der Waals surface area contributed by atoms with Gasteiger partial charge in [-0.1, -0.05) is 55.8 Å². The average molecular weight is 383 g/mol. The second-order valence-electron chi connectivity index (χ2n) is 7.15. The van der Waals surface area contributed by atoms with Crippen LogP contribution in [-0.4, -0.2) is 43.2 Å².